The lowest BCUT2D eigenvalue weighted by Gasteiger charge is -2.40. The number of nitrogens with zero attached hydrogens (tertiary/aromatic N) is 3. The van der Waals surface area contributed by atoms with E-state index in [1.165, 1.54) is 11.1 Å². The van der Waals surface area contributed by atoms with Crippen molar-refractivity contribution in [1.29, 1.82) is 5.26 Å². The Kier molecular flexibility index (Phi) is 12.3. The van der Waals surface area contributed by atoms with Crippen LogP contribution in [0.15, 0.2) is 78.9 Å². The minimum Gasteiger partial charge on any atom is -0.325 e. The third kappa shape index (κ3) is 8.52. The molecule has 0 heterocycles. The Labute approximate surface area is 259 Å². The second kappa shape index (κ2) is 16.1. The molecule has 3 aromatic carbocycles. The molecule has 0 saturated carbocycles. The van der Waals surface area contributed by atoms with E-state index in [9.17, 15) is 10.1 Å². The van der Waals surface area contributed by atoms with Gasteiger partial charge >= 0.3 is 0 Å². The molecule has 1 unspecified atom stereocenters. The number of amides is 1. The molecule has 0 bridgehead atoms. The van der Waals surface area contributed by atoms with Crippen LogP contribution in [0.2, 0.25) is 0 Å². The van der Waals surface area contributed by atoms with Crippen LogP contribution in [-0.2, 0) is 28.4 Å². The van der Waals surface area contributed by atoms with Gasteiger partial charge in [0.1, 0.15) is 0 Å². The molecule has 0 aromatic heterocycles. The monoisotopic (exact) mass is 599 g/mol. The highest BCUT2D eigenvalue weighted by Gasteiger charge is 2.43. The maximum absolute atomic E-state index is 14.5. The standard InChI is InChI=1S/C36H46N3O3P/c1-6-7-14-29-19-21-31(22-20-29)36(40)38(26-30-15-9-8-10-16-30)35-33-18-12-11-17-32(33)25-34(35)42-43(41-24-13-23-37)39(27(2)3)28(4)5/h8-12,15-22,27-28,34-35H,6-7,13-14,24-26H2,1-5H3/t34-,35+,43?/m0/s1. The largest absolute Gasteiger partial charge is 0.325 e. The molecule has 0 N–H and O–H groups in total. The molecule has 0 fully saturated rings. The highest BCUT2D eigenvalue weighted by atomic mass is 31.2. The minimum absolute atomic E-state index is 0.0134. The van der Waals surface area contributed by atoms with Crippen molar-refractivity contribution in [1.82, 2.24) is 9.57 Å². The summed E-state index contributed by atoms with van der Waals surface area (Å²) in [5.41, 5.74) is 5.30. The molecule has 1 amide bonds. The van der Waals surface area contributed by atoms with E-state index in [2.05, 4.69) is 87.8 Å². The van der Waals surface area contributed by atoms with Gasteiger partial charge in [0.2, 0.25) is 0 Å². The molecular formula is C36H46N3O3P. The molecule has 0 saturated heterocycles. The number of aryl methyl sites for hydroxylation is 1. The van der Waals surface area contributed by atoms with Crippen LogP contribution in [-0.4, -0.2) is 40.3 Å². The number of rotatable bonds is 15. The molecule has 4 rings (SSSR count). The van der Waals surface area contributed by atoms with Gasteiger partial charge in [-0.15, -0.1) is 0 Å². The molecule has 7 heteroatoms. The van der Waals surface area contributed by atoms with Gasteiger partial charge < -0.3 is 13.9 Å². The number of nitriles is 1. The number of carbonyl (C=O) groups excluding carboxylic acids is 1. The molecule has 6 nitrogen and oxygen atoms in total. The second-order valence-corrected chi connectivity index (χ2v) is 13.2. The molecule has 1 aliphatic carbocycles. The first-order valence-corrected chi connectivity index (χ1v) is 16.7. The maximum Gasteiger partial charge on any atom is 0.259 e. The first-order chi connectivity index (χ1) is 20.8. The smallest absolute Gasteiger partial charge is 0.259 e. The molecule has 43 heavy (non-hydrogen) atoms. The lowest BCUT2D eigenvalue weighted by atomic mass is 10.0. The quantitative estimate of drug-likeness (QED) is 0.129. The lowest BCUT2D eigenvalue weighted by molar-refractivity contribution is 0.0388. The van der Waals surface area contributed by atoms with E-state index in [4.69, 9.17) is 9.05 Å². The third-order valence-corrected chi connectivity index (χ3v) is 10.0. The summed E-state index contributed by atoms with van der Waals surface area (Å²) in [4.78, 5) is 16.5. The summed E-state index contributed by atoms with van der Waals surface area (Å²) in [6.45, 7) is 11.5. The van der Waals surface area contributed by atoms with Gasteiger partial charge in [0.05, 0.1) is 31.2 Å². The molecule has 0 aliphatic heterocycles. The first-order valence-electron chi connectivity index (χ1n) is 15.6. The Morgan fingerprint density at radius 2 is 1.63 bits per heavy atom. The number of hydrogen-bond donors (Lipinski definition) is 0. The van der Waals surface area contributed by atoms with Crippen molar-refractivity contribution in [3.8, 4) is 6.07 Å². The van der Waals surface area contributed by atoms with Crippen molar-refractivity contribution in [2.45, 2.75) is 97.5 Å². The van der Waals surface area contributed by atoms with Crippen LogP contribution in [0.5, 0.6) is 0 Å². The Morgan fingerprint density at radius 1 is 0.953 bits per heavy atom. The predicted octanol–water partition coefficient (Wildman–Crippen LogP) is 8.63. The summed E-state index contributed by atoms with van der Waals surface area (Å²) >= 11 is 0. The SMILES string of the molecule is CCCCc1ccc(C(=O)N(Cc2ccccc2)[C@@H]2c3ccccc3C[C@@H]2OP(OCCC#N)N(C(C)C)C(C)C)cc1. The van der Waals surface area contributed by atoms with Crippen LogP contribution in [0.1, 0.15) is 92.5 Å². The highest BCUT2D eigenvalue weighted by Crippen LogP contribution is 2.52. The van der Waals surface area contributed by atoms with Gasteiger partial charge in [-0.25, -0.2) is 4.67 Å². The van der Waals surface area contributed by atoms with Crippen LogP contribution >= 0.6 is 8.53 Å². The normalized spacial score (nSPS) is 16.8. The van der Waals surface area contributed by atoms with Crippen molar-refractivity contribution in [3.05, 3.63) is 107 Å². The van der Waals surface area contributed by atoms with Gasteiger partial charge in [-0.1, -0.05) is 80.1 Å². The van der Waals surface area contributed by atoms with E-state index < -0.39 is 8.53 Å². The molecule has 3 aromatic rings. The summed E-state index contributed by atoms with van der Waals surface area (Å²) in [7, 11) is -1.48. The zero-order valence-electron chi connectivity index (χ0n) is 26.3. The third-order valence-electron chi connectivity index (χ3n) is 7.85. The maximum atomic E-state index is 14.5. The van der Waals surface area contributed by atoms with Gasteiger partial charge in [0.15, 0.2) is 0 Å². The van der Waals surface area contributed by atoms with Crippen molar-refractivity contribution in [2.24, 2.45) is 0 Å². The Balaban J connectivity index is 1.73. The summed E-state index contributed by atoms with van der Waals surface area (Å²) in [6.07, 6.45) is 3.97. The molecule has 0 spiro atoms. The van der Waals surface area contributed by atoms with Gasteiger partial charge in [0.25, 0.3) is 14.4 Å². The predicted molar refractivity (Wildman–Crippen MR) is 174 cm³/mol. The summed E-state index contributed by atoms with van der Waals surface area (Å²) < 4.78 is 15.5. The Hall–Kier alpha value is -3.07. The molecule has 1 aliphatic rings. The Bertz CT molecular complexity index is 1330. The summed E-state index contributed by atoms with van der Waals surface area (Å²) in [6, 6.07) is 28.9. The number of carbonyl (C=O) groups is 1. The van der Waals surface area contributed by atoms with Gasteiger partial charge in [-0.2, -0.15) is 5.26 Å². The molecular weight excluding hydrogens is 553 g/mol. The molecule has 228 valence electrons. The van der Waals surface area contributed by atoms with Gasteiger partial charge in [0, 0.05) is 30.6 Å². The van der Waals surface area contributed by atoms with Crippen molar-refractivity contribution in [3.63, 3.8) is 0 Å². The van der Waals surface area contributed by atoms with E-state index in [0.717, 1.165) is 30.4 Å². The molecule has 0 radical (unpaired) electrons. The van der Waals surface area contributed by atoms with Gasteiger partial charge in [-0.05, 0) is 74.9 Å². The fourth-order valence-corrected chi connectivity index (χ4v) is 7.57. The first kappa shape index (κ1) is 32.8. The summed E-state index contributed by atoms with van der Waals surface area (Å²) in [5, 5.41) is 9.20. The van der Waals surface area contributed by atoms with E-state index in [0.29, 0.717) is 31.6 Å². The van der Waals surface area contributed by atoms with E-state index in [-0.39, 0.29) is 30.1 Å². The fourth-order valence-electron chi connectivity index (χ4n) is 5.85. The zero-order chi connectivity index (χ0) is 30.8. The fraction of sp³-hybridized carbons (Fsp3) is 0.444. The van der Waals surface area contributed by atoms with Crippen molar-refractivity contribution >= 4 is 14.4 Å². The number of unbranched alkanes of at least 4 members (excludes halogenated alkanes) is 1. The van der Waals surface area contributed by atoms with Crippen molar-refractivity contribution < 1.29 is 13.8 Å². The number of benzene rings is 3. The Morgan fingerprint density at radius 3 is 2.28 bits per heavy atom. The van der Waals surface area contributed by atoms with Crippen LogP contribution in [0, 0.1) is 11.3 Å². The van der Waals surface area contributed by atoms with Crippen LogP contribution < -0.4 is 0 Å². The second-order valence-electron chi connectivity index (χ2n) is 11.8. The van der Waals surface area contributed by atoms with Crippen LogP contribution in [0.4, 0.5) is 0 Å². The van der Waals surface area contributed by atoms with E-state index >= 15 is 0 Å². The van der Waals surface area contributed by atoms with Crippen molar-refractivity contribution in [2.75, 3.05) is 6.61 Å². The van der Waals surface area contributed by atoms with E-state index in [1.54, 1.807) is 0 Å². The summed E-state index contributed by atoms with van der Waals surface area (Å²) in [5.74, 6) is -0.0134. The molecule has 3 atom stereocenters. The number of fused-ring (bicyclic) bond motifs is 1. The number of hydrogen-bond acceptors (Lipinski definition) is 5. The zero-order valence-corrected chi connectivity index (χ0v) is 27.2. The average Bonchev–Trinajstić information content (AvgIpc) is 3.36. The highest BCUT2D eigenvalue weighted by molar-refractivity contribution is 7.44. The average molecular weight is 600 g/mol. The van der Waals surface area contributed by atoms with Crippen LogP contribution in [0.25, 0.3) is 0 Å². The van der Waals surface area contributed by atoms with Crippen LogP contribution in [0.3, 0.4) is 0 Å². The topological polar surface area (TPSA) is 65.8 Å². The van der Waals surface area contributed by atoms with E-state index in [1.807, 2.05) is 41.3 Å². The van der Waals surface area contributed by atoms with Gasteiger partial charge in [-0.3, -0.25) is 4.79 Å². The lowest BCUT2D eigenvalue weighted by Crippen LogP contribution is -2.41. The minimum atomic E-state index is -1.48.